The molecule has 80 valence electrons. The molecule has 1 aromatic carbocycles. The van der Waals surface area contributed by atoms with Crippen LogP contribution in [0.15, 0.2) is 28.7 Å². The number of rotatable bonds is 2. The van der Waals surface area contributed by atoms with Crippen LogP contribution in [0.3, 0.4) is 0 Å². The van der Waals surface area contributed by atoms with Gasteiger partial charge in [-0.05, 0) is 36.6 Å². The van der Waals surface area contributed by atoms with Gasteiger partial charge in [-0.3, -0.25) is 0 Å². The molecule has 2 rings (SSSR count). The molecule has 0 aliphatic carbocycles. The minimum Gasteiger partial charge on any atom is -0.458 e. The number of aliphatic hydroxyl groups is 1. The van der Waals surface area contributed by atoms with Crippen molar-refractivity contribution in [1.82, 2.24) is 0 Å². The Morgan fingerprint density at radius 3 is 2.47 bits per heavy atom. The molecule has 0 radical (unpaired) electrons. The van der Waals surface area contributed by atoms with Gasteiger partial charge in [0.05, 0.1) is 0 Å². The van der Waals surface area contributed by atoms with Crippen LogP contribution < -0.4 is 0 Å². The minimum absolute atomic E-state index is 0.513. The quantitative estimate of drug-likeness (QED) is 0.810. The third-order valence-corrected chi connectivity index (χ3v) is 2.64. The monoisotopic (exact) mass is 204 g/mol. The number of fused-ring (bicyclic) bond motifs is 1. The molecule has 1 heterocycles. The van der Waals surface area contributed by atoms with Gasteiger partial charge in [-0.2, -0.15) is 0 Å². The molecule has 0 aliphatic rings. The third-order valence-electron chi connectivity index (χ3n) is 2.64. The van der Waals surface area contributed by atoms with Gasteiger partial charge in [-0.15, -0.1) is 0 Å². The molecule has 1 aromatic heterocycles. The van der Waals surface area contributed by atoms with Gasteiger partial charge in [-0.1, -0.05) is 19.9 Å². The summed E-state index contributed by atoms with van der Waals surface area (Å²) < 4.78 is 5.51. The molecule has 15 heavy (non-hydrogen) atoms. The van der Waals surface area contributed by atoms with Crippen molar-refractivity contribution in [3.63, 3.8) is 0 Å². The maximum Gasteiger partial charge on any atom is 0.134 e. The van der Waals surface area contributed by atoms with E-state index in [-0.39, 0.29) is 0 Å². The van der Waals surface area contributed by atoms with Crippen LogP contribution in [0.5, 0.6) is 0 Å². The number of hydrogen-bond acceptors (Lipinski definition) is 2. The maximum absolute atomic E-state index is 9.41. The Morgan fingerprint density at radius 1 is 1.13 bits per heavy atom. The highest BCUT2D eigenvalue weighted by Gasteiger charge is 2.09. The molecule has 0 aliphatic heterocycles. The van der Waals surface area contributed by atoms with Crippen molar-refractivity contribution in [2.24, 2.45) is 0 Å². The Morgan fingerprint density at radius 2 is 1.87 bits per heavy atom. The fourth-order valence-corrected chi connectivity index (χ4v) is 1.65. The van der Waals surface area contributed by atoms with Gasteiger partial charge in [-0.25, -0.2) is 0 Å². The van der Waals surface area contributed by atoms with Crippen molar-refractivity contribution < 1.29 is 9.52 Å². The van der Waals surface area contributed by atoms with E-state index in [2.05, 4.69) is 26.0 Å². The Bertz CT molecular complexity index is 460. The summed E-state index contributed by atoms with van der Waals surface area (Å²) in [6.45, 7) is 6.04. The highest BCUT2D eigenvalue weighted by atomic mass is 16.4. The normalized spacial score (nSPS) is 13.7. The SMILES string of the molecule is CC(C)c1ccc2oc(C(C)O)cc2c1. The Kier molecular flexibility index (Phi) is 2.53. The van der Waals surface area contributed by atoms with E-state index in [0.29, 0.717) is 11.7 Å². The van der Waals surface area contributed by atoms with Crippen LogP contribution in [0.25, 0.3) is 11.0 Å². The predicted octanol–water partition coefficient (Wildman–Crippen LogP) is 3.61. The van der Waals surface area contributed by atoms with Gasteiger partial charge in [0.2, 0.25) is 0 Å². The van der Waals surface area contributed by atoms with Gasteiger partial charge in [0, 0.05) is 5.39 Å². The Balaban J connectivity index is 2.52. The average molecular weight is 204 g/mol. The molecule has 1 atom stereocenters. The molecule has 0 bridgehead atoms. The fourth-order valence-electron chi connectivity index (χ4n) is 1.65. The summed E-state index contributed by atoms with van der Waals surface area (Å²) in [7, 11) is 0. The van der Waals surface area contributed by atoms with Crippen LogP contribution in [0.1, 0.15) is 44.1 Å². The highest BCUT2D eigenvalue weighted by molar-refractivity contribution is 5.78. The summed E-state index contributed by atoms with van der Waals surface area (Å²) in [5, 5.41) is 10.5. The fraction of sp³-hybridized carbons (Fsp3) is 0.385. The van der Waals surface area contributed by atoms with Crippen molar-refractivity contribution in [2.75, 3.05) is 0 Å². The van der Waals surface area contributed by atoms with Crippen LogP contribution in [0, 0.1) is 0 Å². The van der Waals surface area contributed by atoms with E-state index in [9.17, 15) is 5.11 Å². The van der Waals surface area contributed by atoms with Gasteiger partial charge in [0.1, 0.15) is 17.4 Å². The number of furan rings is 1. The van der Waals surface area contributed by atoms with E-state index in [1.807, 2.05) is 12.1 Å². The lowest BCUT2D eigenvalue weighted by molar-refractivity contribution is 0.172. The van der Waals surface area contributed by atoms with Crippen molar-refractivity contribution >= 4 is 11.0 Å². The second kappa shape index (κ2) is 3.70. The van der Waals surface area contributed by atoms with Crippen LogP contribution in [-0.4, -0.2) is 5.11 Å². The molecule has 0 saturated heterocycles. The molecule has 2 nitrogen and oxygen atoms in total. The summed E-state index contributed by atoms with van der Waals surface area (Å²) in [5.41, 5.74) is 2.13. The molecule has 0 spiro atoms. The second-order valence-corrected chi connectivity index (χ2v) is 4.28. The van der Waals surface area contributed by atoms with Crippen molar-refractivity contribution in [2.45, 2.75) is 32.8 Å². The smallest absolute Gasteiger partial charge is 0.134 e. The first kappa shape index (κ1) is 10.2. The topological polar surface area (TPSA) is 33.4 Å². The van der Waals surface area contributed by atoms with E-state index < -0.39 is 6.10 Å². The van der Waals surface area contributed by atoms with Crippen LogP contribution in [0.4, 0.5) is 0 Å². The predicted molar refractivity (Wildman–Crippen MR) is 60.9 cm³/mol. The van der Waals surface area contributed by atoms with Gasteiger partial charge >= 0.3 is 0 Å². The zero-order valence-electron chi connectivity index (χ0n) is 9.32. The van der Waals surface area contributed by atoms with E-state index in [1.54, 1.807) is 6.92 Å². The Labute approximate surface area is 89.5 Å². The molecule has 1 N–H and O–H groups in total. The van der Waals surface area contributed by atoms with Crippen LogP contribution in [0.2, 0.25) is 0 Å². The van der Waals surface area contributed by atoms with Crippen molar-refractivity contribution in [1.29, 1.82) is 0 Å². The Hall–Kier alpha value is -1.28. The standard InChI is InChI=1S/C13H16O2/c1-8(2)10-4-5-12-11(6-10)7-13(15-12)9(3)14/h4-9,14H,1-3H3. The molecule has 2 heteroatoms. The summed E-state index contributed by atoms with van der Waals surface area (Å²) in [6, 6.07) is 8.07. The molecule has 0 saturated carbocycles. The summed E-state index contributed by atoms with van der Waals surface area (Å²) in [6.07, 6.45) is -0.542. The lowest BCUT2D eigenvalue weighted by Crippen LogP contribution is -1.85. The van der Waals surface area contributed by atoms with E-state index in [4.69, 9.17) is 4.42 Å². The van der Waals surface area contributed by atoms with Gasteiger partial charge in [0.25, 0.3) is 0 Å². The molecular formula is C13H16O2. The molecule has 0 amide bonds. The minimum atomic E-state index is -0.542. The van der Waals surface area contributed by atoms with E-state index >= 15 is 0 Å². The highest BCUT2D eigenvalue weighted by Crippen LogP contribution is 2.26. The van der Waals surface area contributed by atoms with Crippen molar-refractivity contribution in [3.05, 3.63) is 35.6 Å². The second-order valence-electron chi connectivity index (χ2n) is 4.28. The van der Waals surface area contributed by atoms with Crippen LogP contribution in [-0.2, 0) is 0 Å². The van der Waals surface area contributed by atoms with Crippen LogP contribution >= 0.6 is 0 Å². The first-order chi connectivity index (χ1) is 7.08. The lowest BCUT2D eigenvalue weighted by Gasteiger charge is -2.03. The van der Waals surface area contributed by atoms with E-state index in [0.717, 1.165) is 11.0 Å². The maximum atomic E-state index is 9.41. The lowest BCUT2D eigenvalue weighted by atomic mass is 10.0. The summed E-state index contributed by atoms with van der Waals surface area (Å²) in [5.74, 6) is 1.14. The summed E-state index contributed by atoms with van der Waals surface area (Å²) >= 11 is 0. The van der Waals surface area contributed by atoms with Gasteiger partial charge < -0.3 is 9.52 Å². The molecule has 2 aromatic rings. The largest absolute Gasteiger partial charge is 0.458 e. The molecule has 1 unspecified atom stereocenters. The zero-order valence-corrected chi connectivity index (χ0v) is 9.32. The van der Waals surface area contributed by atoms with Crippen molar-refractivity contribution in [3.8, 4) is 0 Å². The average Bonchev–Trinajstić information content (AvgIpc) is 2.59. The molecule has 0 fully saturated rings. The summed E-state index contributed by atoms with van der Waals surface area (Å²) in [4.78, 5) is 0. The van der Waals surface area contributed by atoms with Gasteiger partial charge in [0.15, 0.2) is 0 Å². The number of hydrogen-bond donors (Lipinski definition) is 1. The van der Waals surface area contributed by atoms with E-state index in [1.165, 1.54) is 5.56 Å². The number of aliphatic hydroxyl groups excluding tert-OH is 1. The first-order valence-electron chi connectivity index (χ1n) is 5.29. The third kappa shape index (κ3) is 1.90. The molecular weight excluding hydrogens is 188 g/mol. The first-order valence-corrected chi connectivity index (χ1v) is 5.29. The zero-order chi connectivity index (χ0) is 11.0. The number of benzene rings is 1.